The standard InChI is InChI=1S/C25H41NO3/c1-2-3-4-5-6-7-8-9-10-11-12-13-14-15-16-17-18-19-20-21-25(29)26-22-24(28)23-27/h6-7,9-10,12-13,15-16,18-19,24,27-28H,2-5,8,11,14,17,20-23H2,1H3,(H,26,29)/b7-6-,10-9-,13-12-,16-15-,19-18-. The van der Waals surface area contributed by atoms with Gasteiger partial charge >= 0.3 is 0 Å². The van der Waals surface area contributed by atoms with Gasteiger partial charge < -0.3 is 15.5 Å². The van der Waals surface area contributed by atoms with Crippen LogP contribution in [0, 0.1) is 0 Å². The minimum Gasteiger partial charge on any atom is -0.394 e. The van der Waals surface area contributed by atoms with E-state index in [4.69, 9.17) is 10.2 Å². The molecule has 0 aromatic heterocycles. The molecular formula is C25H41NO3. The summed E-state index contributed by atoms with van der Waals surface area (Å²) < 4.78 is 0. The van der Waals surface area contributed by atoms with Gasteiger partial charge in [-0.1, -0.05) is 80.5 Å². The van der Waals surface area contributed by atoms with E-state index in [1.807, 2.05) is 6.08 Å². The van der Waals surface area contributed by atoms with E-state index in [9.17, 15) is 4.79 Å². The summed E-state index contributed by atoms with van der Waals surface area (Å²) in [6, 6.07) is 0. The van der Waals surface area contributed by atoms with E-state index >= 15 is 0 Å². The van der Waals surface area contributed by atoms with Crippen molar-refractivity contribution in [1.29, 1.82) is 0 Å². The number of rotatable bonds is 18. The molecule has 0 saturated carbocycles. The molecule has 1 unspecified atom stereocenters. The Bertz CT molecular complexity index is 518. The molecule has 0 saturated heterocycles. The zero-order valence-corrected chi connectivity index (χ0v) is 18.1. The van der Waals surface area contributed by atoms with Gasteiger partial charge in [0.15, 0.2) is 0 Å². The first-order valence-electron chi connectivity index (χ1n) is 11.0. The SMILES string of the molecule is CCCCC/C=C\C/C=C\C/C=C\C/C=C\C/C=C\CCC(=O)NCC(O)CO. The number of hydrogen-bond donors (Lipinski definition) is 3. The maximum atomic E-state index is 11.5. The largest absolute Gasteiger partial charge is 0.394 e. The third-order valence-corrected chi connectivity index (χ3v) is 4.18. The summed E-state index contributed by atoms with van der Waals surface area (Å²) in [5.41, 5.74) is 0. The van der Waals surface area contributed by atoms with Crippen molar-refractivity contribution >= 4 is 5.91 Å². The predicted octanol–water partition coefficient (Wildman–Crippen LogP) is 5.16. The van der Waals surface area contributed by atoms with Crippen LogP contribution in [0.2, 0.25) is 0 Å². The number of nitrogens with one attached hydrogen (secondary N) is 1. The molecule has 164 valence electrons. The van der Waals surface area contributed by atoms with Crippen molar-refractivity contribution in [2.75, 3.05) is 13.2 Å². The van der Waals surface area contributed by atoms with Crippen LogP contribution in [0.3, 0.4) is 0 Å². The molecule has 0 aromatic carbocycles. The number of hydrogen-bond acceptors (Lipinski definition) is 3. The zero-order valence-electron chi connectivity index (χ0n) is 18.1. The molecule has 0 aliphatic carbocycles. The summed E-state index contributed by atoms with van der Waals surface area (Å²) in [5.74, 6) is -0.111. The van der Waals surface area contributed by atoms with Gasteiger partial charge in [-0.25, -0.2) is 0 Å². The number of unbranched alkanes of at least 4 members (excludes halogenated alkanes) is 3. The monoisotopic (exact) mass is 403 g/mol. The van der Waals surface area contributed by atoms with Crippen molar-refractivity contribution in [3.8, 4) is 0 Å². The van der Waals surface area contributed by atoms with Crippen LogP contribution >= 0.6 is 0 Å². The summed E-state index contributed by atoms with van der Waals surface area (Å²) in [5, 5.41) is 20.4. The Morgan fingerprint density at radius 1 is 0.793 bits per heavy atom. The normalized spacial score (nSPS) is 13.6. The highest BCUT2D eigenvalue weighted by Crippen LogP contribution is 2.01. The molecule has 0 aliphatic heterocycles. The fourth-order valence-electron chi connectivity index (χ4n) is 2.43. The molecule has 1 amide bonds. The van der Waals surface area contributed by atoms with Crippen LogP contribution in [-0.4, -0.2) is 35.4 Å². The summed E-state index contributed by atoms with van der Waals surface area (Å²) in [6.45, 7) is 1.99. The van der Waals surface area contributed by atoms with Crippen molar-refractivity contribution in [2.45, 2.75) is 77.2 Å². The predicted molar refractivity (Wildman–Crippen MR) is 124 cm³/mol. The minimum atomic E-state index is -0.882. The smallest absolute Gasteiger partial charge is 0.220 e. The fourth-order valence-corrected chi connectivity index (χ4v) is 2.43. The lowest BCUT2D eigenvalue weighted by molar-refractivity contribution is -0.121. The van der Waals surface area contributed by atoms with Gasteiger partial charge in [0.25, 0.3) is 0 Å². The highest BCUT2D eigenvalue weighted by atomic mass is 16.3. The second kappa shape index (κ2) is 22.4. The molecule has 0 aromatic rings. The summed E-state index contributed by atoms with van der Waals surface area (Å²) in [7, 11) is 0. The first-order chi connectivity index (χ1) is 14.2. The van der Waals surface area contributed by atoms with E-state index in [0.717, 1.165) is 25.7 Å². The second-order valence-electron chi connectivity index (χ2n) is 6.97. The van der Waals surface area contributed by atoms with Crippen LogP contribution in [0.1, 0.15) is 71.1 Å². The third kappa shape index (κ3) is 22.2. The van der Waals surface area contributed by atoms with Gasteiger partial charge in [-0.2, -0.15) is 0 Å². The quantitative estimate of drug-likeness (QED) is 0.219. The van der Waals surface area contributed by atoms with Gasteiger partial charge in [-0.3, -0.25) is 4.79 Å². The van der Waals surface area contributed by atoms with Gasteiger partial charge in [-0.05, 0) is 44.9 Å². The number of aliphatic hydroxyl groups excluding tert-OH is 2. The van der Waals surface area contributed by atoms with E-state index < -0.39 is 6.10 Å². The van der Waals surface area contributed by atoms with Crippen molar-refractivity contribution in [3.05, 3.63) is 60.8 Å². The molecule has 29 heavy (non-hydrogen) atoms. The van der Waals surface area contributed by atoms with Crippen molar-refractivity contribution in [2.24, 2.45) is 0 Å². The summed E-state index contributed by atoms with van der Waals surface area (Å²) >= 11 is 0. The van der Waals surface area contributed by atoms with Gasteiger partial charge in [0, 0.05) is 13.0 Å². The highest BCUT2D eigenvalue weighted by molar-refractivity contribution is 5.75. The third-order valence-electron chi connectivity index (χ3n) is 4.18. The van der Waals surface area contributed by atoms with Crippen molar-refractivity contribution in [1.82, 2.24) is 5.32 Å². The Labute approximate surface area is 177 Å². The van der Waals surface area contributed by atoms with Crippen LogP contribution in [0.15, 0.2) is 60.8 Å². The van der Waals surface area contributed by atoms with E-state index in [1.54, 1.807) is 0 Å². The van der Waals surface area contributed by atoms with Crippen molar-refractivity contribution < 1.29 is 15.0 Å². The average molecular weight is 404 g/mol. The average Bonchev–Trinajstić information content (AvgIpc) is 2.73. The number of amides is 1. The molecule has 0 rings (SSSR count). The Kier molecular flexibility index (Phi) is 20.9. The first-order valence-corrected chi connectivity index (χ1v) is 11.0. The molecule has 0 fully saturated rings. The molecule has 4 nitrogen and oxygen atoms in total. The number of carbonyl (C=O) groups is 1. The van der Waals surface area contributed by atoms with Crippen LogP contribution in [-0.2, 0) is 4.79 Å². The molecule has 0 bridgehead atoms. The number of carbonyl (C=O) groups excluding carboxylic acids is 1. The molecule has 4 heteroatoms. The van der Waals surface area contributed by atoms with E-state index in [1.165, 1.54) is 25.7 Å². The van der Waals surface area contributed by atoms with Crippen LogP contribution in [0.5, 0.6) is 0 Å². The zero-order chi connectivity index (χ0) is 21.4. The van der Waals surface area contributed by atoms with Crippen LogP contribution in [0.4, 0.5) is 0 Å². The van der Waals surface area contributed by atoms with E-state index in [0.29, 0.717) is 12.8 Å². The number of aliphatic hydroxyl groups is 2. The van der Waals surface area contributed by atoms with E-state index in [2.05, 4.69) is 66.9 Å². The van der Waals surface area contributed by atoms with Gasteiger partial charge in [0.05, 0.1) is 12.7 Å². The molecular weight excluding hydrogens is 362 g/mol. The lowest BCUT2D eigenvalue weighted by Gasteiger charge is -2.07. The lowest BCUT2D eigenvalue weighted by Crippen LogP contribution is -2.33. The second-order valence-corrected chi connectivity index (χ2v) is 6.97. The van der Waals surface area contributed by atoms with Crippen LogP contribution < -0.4 is 5.32 Å². The van der Waals surface area contributed by atoms with Crippen LogP contribution in [0.25, 0.3) is 0 Å². The Balaban J connectivity index is 3.55. The molecule has 0 spiro atoms. The van der Waals surface area contributed by atoms with Gasteiger partial charge in [-0.15, -0.1) is 0 Å². The van der Waals surface area contributed by atoms with E-state index in [-0.39, 0.29) is 19.1 Å². The summed E-state index contributed by atoms with van der Waals surface area (Å²) in [4.78, 5) is 11.5. The summed E-state index contributed by atoms with van der Waals surface area (Å²) in [6.07, 6.45) is 30.8. The highest BCUT2D eigenvalue weighted by Gasteiger charge is 2.04. The van der Waals surface area contributed by atoms with Gasteiger partial charge in [0.2, 0.25) is 5.91 Å². The topological polar surface area (TPSA) is 69.6 Å². The molecule has 0 radical (unpaired) electrons. The molecule has 1 atom stereocenters. The lowest BCUT2D eigenvalue weighted by atomic mass is 10.2. The fraction of sp³-hybridized carbons (Fsp3) is 0.560. The Morgan fingerprint density at radius 2 is 1.28 bits per heavy atom. The minimum absolute atomic E-state index is 0.0985. The van der Waals surface area contributed by atoms with Gasteiger partial charge in [0.1, 0.15) is 0 Å². The molecule has 0 aliphatic rings. The maximum Gasteiger partial charge on any atom is 0.220 e. The first kappa shape index (κ1) is 27.1. The Hall–Kier alpha value is -1.91. The maximum absolute atomic E-state index is 11.5. The Morgan fingerprint density at radius 3 is 1.76 bits per heavy atom. The number of allylic oxidation sites excluding steroid dienone is 10. The molecule has 3 N–H and O–H groups in total. The van der Waals surface area contributed by atoms with Crippen molar-refractivity contribution in [3.63, 3.8) is 0 Å². The molecule has 0 heterocycles.